The van der Waals surface area contributed by atoms with E-state index in [-0.39, 0.29) is 34.7 Å². The molecule has 5 atom stereocenters. The third kappa shape index (κ3) is 9.63. The van der Waals surface area contributed by atoms with Crippen LogP contribution in [-0.2, 0) is 4.74 Å². The van der Waals surface area contributed by atoms with Crippen molar-refractivity contribution in [3.05, 3.63) is 119 Å². The molecule has 3 rings (SSSR count). The highest BCUT2D eigenvalue weighted by atomic mass is 16.5. The van der Waals surface area contributed by atoms with Crippen molar-refractivity contribution in [3.63, 3.8) is 0 Å². The molecule has 0 aromatic heterocycles. The van der Waals surface area contributed by atoms with Crippen molar-refractivity contribution in [3.8, 4) is 0 Å². The number of aliphatic hydroxyl groups is 2. The van der Waals surface area contributed by atoms with Crippen LogP contribution in [-0.4, -0.2) is 34.1 Å². The van der Waals surface area contributed by atoms with Crippen LogP contribution in [0.25, 0.3) is 0 Å². The van der Waals surface area contributed by atoms with E-state index in [4.69, 9.17) is 4.74 Å². The Balaban J connectivity index is 1.52. The molecule has 0 saturated heterocycles. The quantitative estimate of drug-likeness (QED) is 0.210. The molecule has 2 N–H and O–H groups in total. The number of aliphatic hydroxyl groups excluding tert-OH is 2. The average molecular weight is 585 g/mol. The van der Waals surface area contributed by atoms with Crippen molar-refractivity contribution in [1.82, 2.24) is 0 Å². The number of rotatable bonds is 9. The SMILES string of the molecule is CC1=C[C@H](O)CC(C)(C)[C@H]1/C=C/C(C)=C/C=C/C(C)=C\C=C/C=C(C)\C=C\C=C(/C)[C@H]1C=C2C(C)(C)C[C@H](O)C[C@@]2(C)O1. The summed E-state index contributed by atoms with van der Waals surface area (Å²) in [5, 5.41) is 20.5. The van der Waals surface area contributed by atoms with Crippen molar-refractivity contribution in [2.24, 2.45) is 16.7 Å². The second-order valence-corrected chi connectivity index (χ2v) is 14.5. The van der Waals surface area contributed by atoms with Crippen LogP contribution in [0.2, 0.25) is 0 Å². The lowest BCUT2D eigenvalue weighted by Gasteiger charge is -2.44. The van der Waals surface area contributed by atoms with Crippen LogP contribution >= 0.6 is 0 Å². The maximum atomic E-state index is 10.4. The van der Waals surface area contributed by atoms with Gasteiger partial charge in [0.2, 0.25) is 0 Å². The second kappa shape index (κ2) is 14.4. The summed E-state index contributed by atoms with van der Waals surface area (Å²) in [5.41, 5.74) is 6.92. The van der Waals surface area contributed by atoms with E-state index >= 15 is 0 Å². The van der Waals surface area contributed by atoms with Crippen LogP contribution in [0.15, 0.2) is 119 Å². The molecule has 0 aromatic rings. The molecule has 0 spiro atoms. The second-order valence-electron chi connectivity index (χ2n) is 14.5. The van der Waals surface area contributed by atoms with Gasteiger partial charge in [-0.1, -0.05) is 129 Å². The van der Waals surface area contributed by atoms with Gasteiger partial charge in [-0.3, -0.25) is 0 Å². The first-order chi connectivity index (χ1) is 20.0. The zero-order valence-electron chi connectivity index (χ0n) is 28.3. The van der Waals surface area contributed by atoms with Crippen molar-refractivity contribution in [2.45, 2.75) is 112 Å². The summed E-state index contributed by atoms with van der Waals surface area (Å²) >= 11 is 0. The van der Waals surface area contributed by atoms with Gasteiger partial charge in [0.15, 0.2) is 0 Å². The molecular weight excluding hydrogens is 528 g/mol. The number of ether oxygens (including phenoxy) is 1. The molecule has 0 amide bonds. The minimum Gasteiger partial charge on any atom is -0.393 e. The molecule has 1 heterocycles. The fourth-order valence-electron chi connectivity index (χ4n) is 7.04. The lowest BCUT2D eigenvalue weighted by atomic mass is 9.65. The summed E-state index contributed by atoms with van der Waals surface area (Å²) in [6.07, 6.45) is 31.3. The number of allylic oxidation sites excluding steroid dienone is 16. The van der Waals surface area contributed by atoms with Crippen LogP contribution in [0.4, 0.5) is 0 Å². The van der Waals surface area contributed by atoms with Gasteiger partial charge in [0.25, 0.3) is 0 Å². The van der Waals surface area contributed by atoms with Crippen LogP contribution in [0.5, 0.6) is 0 Å². The maximum absolute atomic E-state index is 10.4. The molecule has 0 aromatic carbocycles. The van der Waals surface area contributed by atoms with Crippen LogP contribution in [0, 0.1) is 16.7 Å². The smallest absolute Gasteiger partial charge is 0.0982 e. The van der Waals surface area contributed by atoms with Crippen molar-refractivity contribution < 1.29 is 14.9 Å². The standard InChI is InChI=1S/C40H56O3/c1-28(17-13-18-30(3)21-22-35-32(5)23-33(41)25-38(35,6)7)15-11-12-16-29(2)19-14-20-31(4)36-24-37-39(8,9)26-34(42)27-40(37,10)43-36/h11-24,33-36,41-42H,25-27H2,1-10H3/b12-11-,17-13+,19-14+,22-21+,28-15-,29-16-,30-18+,31-20+/t33-,34-,35-,36+,40+/m0/s1. The molecule has 0 unspecified atom stereocenters. The van der Waals surface area contributed by atoms with Crippen LogP contribution < -0.4 is 0 Å². The molecule has 3 nitrogen and oxygen atoms in total. The van der Waals surface area contributed by atoms with Gasteiger partial charge in [-0.05, 0) is 82.4 Å². The molecule has 0 bridgehead atoms. The molecule has 1 aliphatic heterocycles. The predicted molar refractivity (Wildman–Crippen MR) is 184 cm³/mol. The normalized spacial score (nSPS) is 32.3. The Bertz CT molecular complexity index is 1320. The maximum Gasteiger partial charge on any atom is 0.0982 e. The van der Waals surface area contributed by atoms with E-state index in [1.807, 2.05) is 6.08 Å². The highest BCUT2D eigenvalue weighted by Gasteiger charge is 2.50. The molecule has 43 heavy (non-hydrogen) atoms. The van der Waals surface area contributed by atoms with Gasteiger partial charge >= 0.3 is 0 Å². The summed E-state index contributed by atoms with van der Waals surface area (Å²) in [7, 11) is 0. The molecular formula is C40H56O3. The molecule has 1 saturated carbocycles. The minimum atomic E-state index is -0.382. The Hall–Kier alpha value is -2.72. The van der Waals surface area contributed by atoms with E-state index in [1.54, 1.807) is 0 Å². The van der Waals surface area contributed by atoms with Gasteiger partial charge in [-0.25, -0.2) is 0 Å². The van der Waals surface area contributed by atoms with E-state index in [0.717, 1.165) is 12.8 Å². The Kier molecular flexibility index (Phi) is 11.6. The molecule has 3 heteroatoms. The zero-order valence-corrected chi connectivity index (χ0v) is 28.3. The summed E-state index contributed by atoms with van der Waals surface area (Å²) in [6.45, 7) is 21.6. The minimum absolute atomic E-state index is 0.0467. The molecule has 1 fully saturated rings. The van der Waals surface area contributed by atoms with E-state index in [9.17, 15) is 10.2 Å². The fourth-order valence-corrected chi connectivity index (χ4v) is 7.04. The van der Waals surface area contributed by atoms with Crippen molar-refractivity contribution in [1.29, 1.82) is 0 Å². The molecule has 3 aliphatic rings. The molecule has 0 radical (unpaired) electrons. The van der Waals surface area contributed by atoms with Gasteiger partial charge in [0.1, 0.15) is 0 Å². The van der Waals surface area contributed by atoms with Gasteiger partial charge in [-0.2, -0.15) is 0 Å². The zero-order chi connectivity index (χ0) is 32.0. The first kappa shape index (κ1) is 34.8. The summed E-state index contributed by atoms with van der Waals surface area (Å²) in [4.78, 5) is 0. The Labute approximate surface area is 262 Å². The third-order valence-corrected chi connectivity index (χ3v) is 9.16. The summed E-state index contributed by atoms with van der Waals surface area (Å²) in [6, 6.07) is 0. The third-order valence-electron chi connectivity index (χ3n) is 9.16. The van der Waals surface area contributed by atoms with Gasteiger partial charge in [0, 0.05) is 12.3 Å². The Morgan fingerprint density at radius 2 is 1.30 bits per heavy atom. The topological polar surface area (TPSA) is 49.7 Å². The first-order valence-electron chi connectivity index (χ1n) is 15.9. The van der Waals surface area contributed by atoms with Crippen LogP contribution in [0.3, 0.4) is 0 Å². The highest BCUT2D eigenvalue weighted by Crippen LogP contribution is 2.52. The van der Waals surface area contributed by atoms with E-state index in [0.29, 0.717) is 12.3 Å². The van der Waals surface area contributed by atoms with Crippen molar-refractivity contribution >= 4 is 0 Å². The van der Waals surface area contributed by atoms with Gasteiger partial charge in [0.05, 0.1) is 23.9 Å². The summed E-state index contributed by atoms with van der Waals surface area (Å²) in [5.74, 6) is 0.344. The lowest BCUT2D eigenvalue weighted by molar-refractivity contribution is -0.0683. The number of hydrogen-bond acceptors (Lipinski definition) is 3. The first-order valence-corrected chi connectivity index (χ1v) is 15.9. The molecule has 234 valence electrons. The Morgan fingerprint density at radius 3 is 1.91 bits per heavy atom. The average Bonchev–Trinajstić information content (AvgIpc) is 3.23. The van der Waals surface area contributed by atoms with E-state index < -0.39 is 0 Å². The molecule has 2 aliphatic carbocycles. The number of hydrogen-bond donors (Lipinski definition) is 2. The van der Waals surface area contributed by atoms with E-state index in [1.165, 1.54) is 33.4 Å². The van der Waals surface area contributed by atoms with Crippen molar-refractivity contribution in [2.75, 3.05) is 0 Å². The predicted octanol–water partition coefficient (Wildman–Crippen LogP) is 9.61. The lowest BCUT2D eigenvalue weighted by Crippen LogP contribution is -2.45. The van der Waals surface area contributed by atoms with Gasteiger partial charge < -0.3 is 14.9 Å². The number of fused-ring (bicyclic) bond motifs is 1. The van der Waals surface area contributed by atoms with Gasteiger partial charge in [-0.15, -0.1) is 0 Å². The van der Waals surface area contributed by atoms with Crippen LogP contribution in [0.1, 0.15) is 88.5 Å². The fraction of sp³-hybridized carbons (Fsp3) is 0.500. The summed E-state index contributed by atoms with van der Waals surface area (Å²) < 4.78 is 6.46. The highest BCUT2D eigenvalue weighted by molar-refractivity contribution is 5.37. The monoisotopic (exact) mass is 584 g/mol. The largest absolute Gasteiger partial charge is 0.393 e. The van der Waals surface area contributed by atoms with E-state index in [2.05, 4.69) is 148 Å². The Morgan fingerprint density at radius 1 is 0.744 bits per heavy atom.